The third-order valence-corrected chi connectivity index (χ3v) is 21.3. The van der Waals surface area contributed by atoms with E-state index in [2.05, 4.69) is 40.7 Å². The number of fused-ring (bicyclic) bond motifs is 7. The molecule has 0 aromatic rings. The first-order chi connectivity index (χ1) is 37.0. The summed E-state index contributed by atoms with van der Waals surface area (Å²) in [5.74, 6) is -2.86. The van der Waals surface area contributed by atoms with Gasteiger partial charge in [-0.1, -0.05) is 53.2 Å². The molecule has 4 aliphatic heterocycles. The number of allylic oxidation sites excluding steroid dienone is 2. The lowest BCUT2D eigenvalue weighted by atomic mass is 9.33. The van der Waals surface area contributed by atoms with Gasteiger partial charge in [-0.05, 0) is 104 Å². The van der Waals surface area contributed by atoms with Crippen LogP contribution in [0.25, 0.3) is 0 Å². The average molecular weight is 1130 g/mol. The highest BCUT2D eigenvalue weighted by atomic mass is 16.8. The molecule has 0 unspecified atom stereocenters. The fraction of sp³-hybridized carbons (Fsp3) is 0.907. The van der Waals surface area contributed by atoms with Gasteiger partial charge in [0.1, 0.15) is 97.8 Å². The molecule has 25 heteroatoms. The summed E-state index contributed by atoms with van der Waals surface area (Å²) in [5.41, 5.74) is -2.76. The molecule has 4 saturated carbocycles. The highest BCUT2D eigenvalue weighted by Crippen LogP contribution is 2.76. The smallest absolute Gasteiger partial charge is 0.335 e. The minimum Gasteiger partial charge on any atom is -0.479 e. The topological polar surface area (TPSA) is 408 Å². The first-order valence-electron chi connectivity index (χ1n) is 27.8. The lowest BCUT2D eigenvalue weighted by molar-refractivity contribution is -0.363. The quantitative estimate of drug-likeness (QED) is 0.0384. The van der Waals surface area contributed by atoms with Crippen LogP contribution >= 0.6 is 0 Å². The van der Waals surface area contributed by atoms with Gasteiger partial charge in [0.2, 0.25) is 6.29 Å². The van der Waals surface area contributed by atoms with Crippen molar-refractivity contribution in [1.29, 1.82) is 0 Å². The molecular weight excluding hydrogens is 1050 g/mol. The zero-order valence-corrected chi connectivity index (χ0v) is 45.5. The predicted molar refractivity (Wildman–Crippen MR) is 264 cm³/mol. The third kappa shape index (κ3) is 9.96. The number of ether oxygens (including phenoxy) is 8. The molecule has 0 bridgehead atoms. The van der Waals surface area contributed by atoms with E-state index in [1.807, 2.05) is 6.92 Å². The van der Waals surface area contributed by atoms with E-state index in [-0.39, 0.29) is 28.6 Å². The summed E-state index contributed by atoms with van der Waals surface area (Å²) in [6.45, 7) is 10.6. The summed E-state index contributed by atoms with van der Waals surface area (Å²) in [6, 6.07) is 0. The number of hydrogen-bond donors (Lipinski definition) is 14. The van der Waals surface area contributed by atoms with Gasteiger partial charge in [-0.2, -0.15) is 0 Å². The van der Waals surface area contributed by atoms with Crippen molar-refractivity contribution in [3.8, 4) is 0 Å². The van der Waals surface area contributed by atoms with Gasteiger partial charge in [-0.3, -0.25) is 4.79 Å². The van der Waals surface area contributed by atoms with E-state index in [0.717, 1.165) is 11.9 Å². The Hall–Kier alpha value is -2.45. The molecule has 450 valence electrons. The molecule has 0 radical (unpaired) electrons. The van der Waals surface area contributed by atoms with Crippen LogP contribution in [0.15, 0.2) is 11.6 Å². The second kappa shape index (κ2) is 22.2. The first-order valence-corrected chi connectivity index (χ1v) is 27.8. The van der Waals surface area contributed by atoms with E-state index in [1.54, 1.807) is 0 Å². The maximum atomic E-state index is 15.4. The average Bonchev–Trinajstić information content (AvgIpc) is 3.52. The standard InChI is InChI=1S/C54H84O25/c1-49(2)13-15-54(48(71)79-47-40(68)41(77-45-38(66)34(62)31(59)25(19-56)74-45)32(60)26(75-47)20-72-44-37(65)33(61)30(58)24(18-55)73-44)16-14-52(5)22(23(54)17-49)7-8-28-50(3)11-10-29(51(4,21-57)27(50)9-12-53(28,52)6)76-46-39(67)35(63)36(64)42(78-46)43(69)70/h7,21,23-42,44-47,55-56,58-68H,8-20H2,1-6H3,(H,69,70)/t23-,24+,25-,26+,27-,28-,29+,30+,31-,32-,33+,34+,35-,36+,37-,38-,39+,40-,41-,42+,44-,45+,46+,47+,50+,51-,52-,53+,54-/m0/s1. The van der Waals surface area contributed by atoms with E-state index >= 15 is 4.79 Å². The number of aliphatic hydroxyl groups excluding tert-OH is 13. The van der Waals surface area contributed by atoms with E-state index in [9.17, 15) is 81.1 Å². The molecular formula is C54H84O25. The van der Waals surface area contributed by atoms with Gasteiger partial charge in [-0.25, -0.2) is 4.79 Å². The Morgan fingerprint density at radius 2 is 1.18 bits per heavy atom. The molecule has 0 aromatic heterocycles. The molecule has 9 rings (SSSR count). The number of carbonyl (C=O) groups is 3. The summed E-state index contributed by atoms with van der Waals surface area (Å²) in [7, 11) is 0. The van der Waals surface area contributed by atoms with Crippen LogP contribution in [0.1, 0.15) is 106 Å². The van der Waals surface area contributed by atoms with Crippen molar-refractivity contribution in [2.75, 3.05) is 19.8 Å². The molecule has 0 aromatic carbocycles. The summed E-state index contributed by atoms with van der Waals surface area (Å²) in [4.78, 5) is 40.9. The Morgan fingerprint density at radius 3 is 1.78 bits per heavy atom. The molecule has 9 aliphatic rings. The van der Waals surface area contributed by atoms with Crippen molar-refractivity contribution in [3.05, 3.63) is 11.6 Å². The fourth-order valence-electron chi connectivity index (χ4n) is 16.3. The van der Waals surface area contributed by atoms with Crippen LogP contribution in [0.2, 0.25) is 0 Å². The van der Waals surface area contributed by atoms with Crippen LogP contribution in [0, 0.1) is 50.2 Å². The van der Waals surface area contributed by atoms with Crippen LogP contribution in [0.3, 0.4) is 0 Å². The van der Waals surface area contributed by atoms with Gasteiger partial charge < -0.3 is 114 Å². The maximum absolute atomic E-state index is 15.4. The Morgan fingerprint density at radius 1 is 0.608 bits per heavy atom. The molecule has 0 spiro atoms. The van der Waals surface area contributed by atoms with Crippen molar-refractivity contribution in [1.82, 2.24) is 0 Å². The second-order valence-corrected chi connectivity index (χ2v) is 26.0. The van der Waals surface area contributed by atoms with E-state index in [0.29, 0.717) is 64.2 Å². The van der Waals surface area contributed by atoms with Crippen molar-refractivity contribution < 1.29 is 124 Å². The van der Waals surface area contributed by atoms with Crippen LogP contribution in [0.4, 0.5) is 0 Å². The molecule has 29 atom stereocenters. The van der Waals surface area contributed by atoms with Crippen LogP contribution in [0.5, 0.6) is 0 Å². The Labute approximate surface area is 457 Å². The first kappa shape index (κ1) is 61.1. The van der Waals surface area contributed by atoms with Gasteiger partial charge in [-0.15, -0.1) is 0 Å². The van der Waals surface area contributed by atoms with E-state index in [4.69, 9.17) is 37.9 Å². The third-order valence-electron chi connectivity index (χ3n) is 21.3. The molecule has 8 fully saturated rings. The van der Waals surface area contributed by atoms with Crippen LogP contribution in [-0.4, -0.2) is 238 Å². The van der Waals surface area contributed by atoms with Crippen molar-refractivity contribution in [2.24, 2.45) is 50.2 Å². The van der Waals surface area contributed by atoms with Gasteiger partial charge in [0.05, 0.1) is 36.8 Å². The van der Waals surface area contributed by atoms with Crippen molar-refractivity contribution >= 4 is 18.2 Å². The van der Waals surface area contributed by atoms with Gasteiger partial charge >= 0.3 is 11.9 Å². The summed E-state index contributed by atoms with van der Waals surface area (Å²) in [6.07, 6.45) is -28.3. The SMILES string of the molecule is CC1(C)CC[C@]2(C(=O)O[C@H]3O[C@H](CO[C@H]4O[C@H](CO)[C@@H](O)[C@@H](O)[C@@H]4O)[C@H](O)[C@H](O[C@H]4O[C@@H](CO)[C@H](O)[C@@H](O)[C@@H]4O)[C@@H]3O)CC[C@@]3(C)C(=CC[C@H]4[C@]5(C)CC[C@@H](O[C@@H]6O[C@@H](C(=O)O)[C@H](O)[C@H](O)[C@H]6O)[C@@](C)(C=O)[C@H]5CC[C@]43C)[C@@H]2C1. The van der Waals surface area contributed by atoms with Crippen LogP contribution in [-0.2, 0) is 52.3 Å². The minimum atomic E-state index is -2.03. The number of aliphatic hydroxyl groups is 13. The van der Waals surface area contributed by atoms with Gasteiger partial charge in [0.15, 0.2) is 25.0 Å². The van der Waals surface area contributed by atoms with Gasteiger partial charge in [0, 0.05) is 0 Å². The summed E-state index contributed by atoms with van der Waals surface area (Å²) < 4.78 is 47.0. The monoisotopic (exact) mass is 1130 g/mol. The number of carbonyl (C=O) groups excluding carboxylic acids is 2. The summed E-state index contributed by atoms with van der Waals surface area (Å²) in [5, 5.41) is 149. The second-order valence-electron chi connectivity index (χ2n) is 26.0. The number of aldehydes is 1. The van der Waals surface area contributed by atoms with Crippen molar-refractivity contribution in [2.45, 2.75) is 235 Å². The molecule has 5 aliphatic carbocycles. The fourth-order valence-corrected chi connectivity index (χ4v) is 16.3. The lowest BCUT2D eigenvalue weighted by Crippen LogP contribution is -2.67. The highest BCUT2D eigenvalue weighted by molar-refractivity contribution is 5.79. The molecule has 14 N–H and O–H groups in total. The normalized spacial score (nSPS) is 53.5. The minimum absolute atomic E-state index is 0.0219. The number of aliphatic carboxylic acids is 1. The zero-order valence-electron chi connectivity index (χ0n) is 45.5. The van der Waals surface area contributed by atoms with Gasteiger partial charge in [0.25, 0.3) is 0 Å². The van der Waals surface area contributed by atoms with E-state index < -0.39 is 182 Å². The highest BCUT2D eigenvalue weighted by Gasteiger charge is 2.71. The number of esters is 1. The molecule has 79 heavy (non-hydrogen) atoms. The Balaban J connectivity index is 0.984. The maximum Gasteiger partial charge on any atom is 0.335 e. The van der Waals surface area contributed by atoms with E-state index in [1.165, 1.54) is 0 Å². The number of carboxylic acids is 1. The Kier molecular flexibility index (Phi) is 17.2. The number of rotatable bonds is 13. The predicted octanol–water partition coefficient (Wildman–Crippen LogP) is -2.76. The zero-order chi connectivity index (χ0) is 57.9. The molecule has 4 heterocycles. The summed E-state index contributed by atoms with van der Waals surface area (Å²) >= 11 is 0. The molecule has 0 amide bonds. The lowest BCUT2D eigenvalue weighted by Gasteiger charge is -2.71. The van der Waals surface area contributed by atoms with Crippen LogP contribution < -0.4 is 0 Å². The number of hydrogen-bond acceptors (Lipinski definition) is 24. The Bertz CT molecular complexity index is 2250. The molecule has 4 saturated heterocycles. The van der Waals surface area contributed by atoms with Crippen molar-refractivity contribution in [3.63, 3.8) is 0 Å². The largest absolute Gasteiger partial charge is 0.479 e. The molecule has 25 nitrogen and oxygen atoms in total. The number of carboxylic acid groups (broad SMARTS) is 1.